The fraction of sp³-hybridized carbons (Fsp3) is 0.400. The van der Waals surface area contributed by atoms with Gasteiger partial charge in [0.1, 0.15) is 5.75 Å². The molecule has 0 aliphatic rings. The first-order valence-corrected chi connectivity index (χ1v) is 6.15. The summed E-state index contributed by atoms with van der Waals surface area (Å²) in [5.41, 5.74) is 0.999. The van der Waals surface area contributed by atoms with Crippen LogP contribution in [0.3, 0.4) is 0 Å². The van der Waals surface area contributed by atoms with Crippen molar-refractivity contribution >= 4 is 10.1 Å². The molecule has 0 unspecified atom stereocenters. The van der Waals surface area contributed by atoms with Crippen LogP contribution in [0.5, 0.6) is 5.75 Å². The molecular weight excluding hydrogens is 239 g/mol. The van der Waals surface area contributed by atoms with E-state index in [0.29, 0.717) is 12.8 Å². The Bertz CT molecular complexity index is 399. The molecule has 1 aromatic rings. The van der Waals surface area contributed by atoms with E-state index < -0.39 is 10.1 Å². The van der Waals surface area contributed by atoms with E-state index in [-0.39, 0.29) is 35.3 Å². The van der Waals surface area contributed by atoms with Crippen molar-refractivity contribution in [3.63, 3.8) is 0 Å². The molecule has 6 heteroatoms. The number of methoxy groups -OCH3 is 1. The molecule has 84 valence electrons. The summed E-state index contributed by atoms with van der Waals surface area (Å²) in [5.74, 6) is 0.453. The Balaban J connectivity index is 0.00000225. The molecule has 16 heavy (non-hydrogen) atoms. The van der Waals surface area contributed by atoms with E-state index in [1.165, 1.54) is 0 Å². The van der Waals surface area contributed by atoms with E-state index >= 15 is 0 Å². The van der Waals surface area contributed by atoms with Crippen LogP contribution in [0.25, 0.3) is 0 Å². The van der Waals surface area contributed by atoms with Crippen LogP contribution in [-0.4, -0.2) is 25.8 Å². The summed E-state index contributed by atoms with van der Waals surface area (Å²) in [4.78, 5) is 0. The summed E-state index contributed by atoms with van der Waals surface area (Å²) in [7, 11) is -2.50. The largest absolute Gasteiger partial charge is 1.00 e. The molecular formula is C10H13NaO4S. The molecule has 0 saturated heterocycles. The fourth-order valence-corrected chi connectivity index (χ4v) is 1.74. The molecule has 1 aromatic carbocycles. The Morgan fingerprint density at radius 2 is 1.81 bits per heavy atom. The summed E-state index contributed by atoms with van der Waals surface area (Å²) in [5, 5.41) is 0. The summed E-state index contributed by atoms with van der Waals surface area (Å²) in [6.07, 6.45) is 0.948. The van der Waals surface area contributed by atoms with Gasteiger partial charge >= 0.3 is 29.6 Å². The molecule has 0 bridgehead atoms. The van der Waals surface area contributed by atoms with Gasteiger partial charge in [-0.2, -0.15) is 0 Å². The molecule has 0 aliphatic carbocycles. The quantitative estimate of drug-likeness (QED) is 0.457. The minimum absolute atomic E-state index is 0. The Labute approximate surface area is 118 Å². The molecule has 0 fully saturated rings. The predicted molar refractivity (Wildman–Crippen MR) is 55.9 cm³/mol. The van der Waals surface area contributed by atoms with Crippen LogP contribution in [0, 0.1) is 0 Å². The van der Waals surface area contributed by atoms with Gasteiger partial charge in [-0.05, 0) is 30.5 Å². The minimum atomic E-state index is -4.08. The van der Waals surface area contributed by atoms with Gasteiger partial charge in [-0.3, -0.25) is 0 Å². The molecule has 1 rings (SSSR count). The molecule has 4 nitrogen and oxygen atoms in total. The maximum atomic E-state index is 10.3. The Hall–Kier alpha value is -0.0700. The Morgan fingerprint density at radius 1 is 1.25 bits per heavy atom. The first-order chi connectivity index (χ1) is 7.01. The number of hydrogen-bond donors (Lipinski definition) is 0. The third-order valence-corrected chi connectivity index (χ3v) is 2.81. The fourth-order valence-electron chi connectivity index (χ4n) is 1.25. The molecule has 0 spiro atoms. The normalized spacial score (nSPS) is 10.6. The van der Waals surface area contributed by atoms with E-state index in [9.17, 15) is 13.0 Å². The van der Waals surface area contributed by atoms with Crippen molar-refractivity contribution in [2.24, 2.45) is 0 Å². The number of hydrogen-bond acceptors (Lipinski definition) is 4. The summed E-state index contributed by atoms with van der Waals surface area (Å²) in [6.45, 7) is 0. The zero-order chi connectivity index (χ0) is 11.3. The second-order valence-corrected chi connectivity index (χ2v) is 4.74. The molecule has 0 atom stereocenters. The zero-order valence-electron chi connectivity index (χ0n) is 9.47. The standard InChI is InChI=1S/C10H14O4S.Na/c1-14-10-6-4-9(5-7-10)3-2-8-15(11,12)13;/h4-7H,2-3,8H2,1H3,(H,11,12,13);/q;+1/p-1. The smallest absolute Gasteiger partial charge is 0.748 e. The van der Waals surface area contributed by atoms with Crippen LogP contribution in [0.15, 0.2) is 24.3 Å². The molecule has 0 heterocycles. The first-order valence-electron chi connectivity index (χ1n) is 4.58. The number of ether oxygens (including phenoxy) is 1. The molecule has 0 amide bonds. The van der Waals surface area contributed by atoms with Gasteiger partial charge in [0.15, 0.2) is 0 Å². The Kier molecular flexibility index (Phi) is 7.26. The third-order valence-electron chi connectivity index (χ3n) is 2.02. The summed E-state index contributed by atoms with van der Waals surface area (Å²) >= 11 is 0. The van der Waals surface area contributed by atoms with Gasteiger partial charge in [-0.25, -0.2) is 8.42 Å². The molecule has 0 radical (unpaired) electrons. The van der Waals surface area contributed by atoms with Crippen molar-refractivity contribution in [3.8, 4) is 5.75 Å². The average molecular weight is 252 g/mol. The molecule has 0 aliphatic heterocycles. The number of rotatable bonds is 5. The van der Waals surface area contributed by atoms with Crippen molar-refractivity contribution in [3.05, 3.63) is 29.8 Å². The van der Waals surface area contributed by atoms with E-state index in [1.807, 2.05) is 12.1 Å². The summed E-state index contributed by atoms with van der Waals surface area (Å²) in [6, 6.07) is 7.33. The van der Waals surface area contributed by atoms with Gasteiger partial charge < -0.3 is 9.29 Å². The van der Waals surface area contributed by atoms with Crippen molar-refractivity contribution in [2.75, 3.05) is 12.9 Å². The van der Waals surface area contributed by atoms with Gasteiger partial charge in [-0.15, -0.1) is 0 Å². The molecule has 0 aromatic heterocycles. The number of aryl methyl sites for hydroxylation is 1. The molecule has 0 saturated carbocycles. The van der Waals surface area contributed by atoms with Crippen LogP contribution in [0.4, 0.5) is 0 Å². The van der Waals surface area contributed by atoms with Crippen LogP contribution < -0.4 is 34.3 Å². The van der Waals surface area contributed by atoms with Crippen molar-refractivity contribution in [2.45, 2.75) is 12.8 Å². The monoisotopic (exact) mass is 252 g/mol. The van der Waals surface area contributed by atoms with Crippen molar-refractivity contribution < 1.29 is 47.3 Å². The second kappa shape index (κ2) is 7.29. The van der Waals surface area contributed by atoms with Crippen LogP contribution >= 0.6 is 0 Å². The predicted octanol–water partition coefficient (Wildman–Crippen LogP) is -1.82. The van der Waals surface area contributed by atoms with E-state index in [1.54, 1.807) is 19.2 Å². The SMILES string of the molecule is COc1ccc(CCCS(=O)(=O)[O-])cc1.[Na+]. The maximum Gasteiger partial charge on any atom is 1.00 e. The van der Waals surface area contributed by atoms with Gasteiger partial charge in [0.25, 0.3) is 0 Å². The topological polar surface area (TPSA) is 66.4 Å². The first kappa shape index (κ1) is 15.9. The van der Waals surface area contributed by atoms with E-state index in [2.05, 4.69) is 0 Å². The minimum Gasteiger partial charge on any atom is -0.748 e. The van der Waals surface area contributed by atoms with Crippen LogP contribution in [-0.2, 0) is 16.5 Å². The summed E-state index contributed by atoms with van der Waals surface area (Å²) < 4.78 is 36.0. The Morgan fingerprint density at radius 3 is 2.25 bits per heavy atom. The van der Waals surface area contributed by atoms with Crippen LogP contribution in [0.1, 0.15) is 12.0 Å². The second-order valence-electron chi connectivity index (χ2n) is 3.21. The van der Waals surface area contributed by atoms with E-state index in [0.717, 1.165) is 11.3 Å². The van der Waals surface area contributed by atoms with Crippen molar-refractivity contribution in [1.29, 1.82) is 0 Å². The van der Waals surface area contributed by atoms with Crippen LogP contribution in [0.2, 0.25) is 0 Å². The van der Waals surface area contributed by atoms with Crippen molar-refractivity contribution in [1.82, 2.24) is 0 Å². The zero-order valence-corrected chi connectivity index (χ0v) is 12.3. The van der Waals surface area contributed by atoms with Gasteiger partial charge in [0.2, 0.25) is 0 Å². The maximum absolute atomic E-state index is 10.3. The van der Waals surface area contributed by atoms with Gasteiger partial charge in [0, 0.05) is 5.75 Å². The number of benzene rings is 1. The van der Waals surface area contributed by atoms with Gasteiger partial charge in [-0.1, -0.05) is 12.1 Å². The third kappa shape index (κ3) is 6.50. The average Bonchev–Trinajstić information content (AvgIpc) is 2.17. The van der Waals surface area contributed by atoms with Gasteiger partial charge in [0.05, 0.1) is 17.2 Å². The van der Waals surface area contributed by atoms with E-state index in [4.69, 9.17) is 4.74 Å². The molecule has 0 N–H and O–H groups in total.